The Morgan fingerprint density at radius 2 is 1.78 bits per heavy atom. The molecule has 1 aromatic rings. The molecular weight excluding hydrogens is 296 g/mol. The standard InChI is InChI=1S/C12H19N2O2.CH3Br/c1-13(2)12(15)16-11-8-6-7-10(9-11)14(3,4)5;1-2/h6-9H,1-5H3;1H3/q+1;. The summed E-state index contributed by atoms with van der Waals surface area (Å²) in [4.78, 5) is 12.8. The molecule has 0 heterocycles. The van der Waals surface area contributed by atoms with Crippen molar-refractivity contribution >= 4 is 27.7 Å². The van der Waals surface area contributed by atoms with Gasteiger partial charge in [0.2, 0.25) is 0 Å². The zero-order valence-corrected chi connectivity index (χ0v) is 13.5. The number of nitrogens with zero attached hydrogens (tertiary/aromatic N) is 2. The van der Waals surface area contributed by atoms with Crippen molar-refractivity contribution in [1.29, 1.82) is 0 Å². The lowest BCUT2D eigenvalue weighted by Crippen LogP contribution is -2.34. The molecule has 0 aliphatic rings. The fourth-order valence-electron chi connectivity index (χ4n) is 1.16. The Kier molecular flexibility index (Phi) is 6.94. The Bertz CT molecular complexity index is 387. The molecule has 1 aromatic carbocycles. The molecular formula is C13H22BrN2O2+. The number of amides is 1. The summed E-state index contributed by atoms with van der Waals surface area (Å²) in [6, 6.07) is 7.55. The third-order valence-electron chi connectivity index (χ3n) is 2.16. The van der Waals surface area contributed by atoms with Crippen LogP contribution in [0, 0.1) is 0 Å². The van der Waals surface area contributed by atoms with Crippen molar-refractivity contribution < 1.29 is 9.53 Å². The van der Waals surface area contributed by atoms with Gasteiger partial charge in [0.25, 0.3) is 0 Å². The van der Waals surface area contributed by atoms with Gasteiger partial charge >= 0.3 is 6.09 Å². The molecule has 0 saturated heterocycles. The summed E-state index contributed by atoms with van der Waals surface area (Å²) in [6.07, 6.45) is -0.362. The van der Waals surface area contributed by atoms with Crippen molar-refractivity contribution in [1.82, 2.24) is 9.38 Å². The molecule has 0 fully saturated rings. The van der Waals surface area contributed by atoms with Crippen LogP contribution in [0.4, 0.5) is 10.5 Å². The van der Waals surface area contributed by atoms with Crippen LogP contribution in [0.5, 0.6) is 5.75 Å². The maximum atomic E-state index is 11.4. The van der Waals surface area contributed by atoms with E-state index in [4.69, 9.17) is 4.74 Å². The van der Waals surface area contributed by atoms with E-state index in [0.29, 0.717) is 10.2 Å². The maximum absolute atomic E-state index is 11.4. The minimum Gasteiger partial charge on any atom is -0.410 e. The van der Waals surface area contributed by atoms with Gasteiger partial charge in [-0.3, -0.25) is 4.48 Å². The minimum absolute atomic E-state index is 0.362. The second-order valence-electron chi connectivity index (χ2n) is 4.77. The molecule has 5 heteroatoms. The van der Waals surface area contributed by atoms with Crippen molar-refractivity contribution in [3.05, 3.63) is 24.3 Å². The highest BCUT2D eigenvalue weighted by Crippen LogP contribution is 2.22. The number of rotatable bonds is 2. The number of halogens is 1. The molecule has 0 radical (unpaired) electrons. The summed E-state index contributed by atoms with van der Waals surface area (Å²) < 4.78 is 5.88. The van der Waals surface area contributed by atoms with Gasteiger partial charge in [-0.05, 0) is 18.0 Å². The van der Waals surface area contributed by atoms with E-state index in [2.05, 4.69) is 37.1 Å². The van der Waals surface area contributed by atoms with Gasteiger partial charge in [0, 0.05) is 20.2 Å². The van der Waals surface area contributed by atoms with Gasteiger partial charge in [-0.25, -0.2) is 4.79 Å². The van der Waals surface area contributed by atoms with Crippen LogP contribution < -0.4 is 9.22 Å². The van der Waals surface area contributed by atoms with Crippen LogP contribution in [0.25, 0.3) is 0 Å². The quantitative estimate of drug-likeness (QED) is 0.620. The smallest absolute Gasteiger partial charge is 0.410 e. The third-order valence-corrected chi connectivity index (χ3v) is 2.16. The predicted octanol–water partition coefficient (Wildman–Crippen LogP) is 2.95. The average Bonchev–Trinajstić information content (AvgIpc) is 2.30. The first kappa shape index (κ1) is 16.9. The van der Waals surface area contributed by atoms with Gasteiger partial charge in [-0.2, -0.15) is 0 Å². The lowest BCUT2D eigenvalue weighted by atomic mass is 10.2. The second-order valence-corrected chi connectivity index (χ2v) is 4.77. The molecule has 4 nitrogen and oxygen atoms in total. The molecule has 0 spiro atoms. The topological polar surface area (TPSA) is 29.5 Å². The fraction of sp³-hybridized carbons (Fsp3) is 0.462. The number of quaternary nitrogens is 1. The van der Waals surface area contributed by atoms with Crippen molar-refractivity contribution in [2.75, 3.05) is 41.1 Å². The van der Waals surface area contributed by atoms with Gasteiger partial charge in [-0.15, -0.1) is 0 Å². The third kappa shape index (κ3) is 5.51. The number of hydrogen-bond donors (Lipinski definition) is 0. The Morgan fingerprint density at radius 3 is 2.22 bits per heavy atom. The highest BCUT2D eigenvalue weighted by Gasteiger charge is 2.14. The Labute approximate surface area is 118 Å². The average molecular weight is 318 g/mol. The van der Waals surface area contributed by atoms with E-state index in [9.17, 15) is 4.79 Å². The largest absolute Gasteiger partial charge is 0.414 e. The Morgan fingerprint density at radius 1 is 1.22 bits per heavy atom. The molecule has 0 aliphatic carbocycles. The summed E-state index contributed by atoms with van der Waals surface area (Å²) in [5.74, 6) is 2.39. The molecule has 1 rings (SSSR count). The van der Waals surface area contributed by atoms with Gasteiger partial charge in [0.1, 0.15) is 11.4 Å². The van der Waals surface area contributed by atoms with E-state index in [-0.39, 0.29) is 6.09 Å². The number of benzene rings is 1. The minimum atomic E-state index is -0.362. The Hall–Kier alpha value is -1.07. The van der Waals surface area contributed by atoms with Gasteiger partial charge in [-0.1, -0.05) is 22.0 Å². The van der Waals surface area contributed by atoms with Gasteiger partial charge < -0.3 is 9.64 Å². The van der Waals surface area contributed by atoms with E-state index < -0.39 is 0 Å². The summed E-state index contributed by atoms with van der Waals surface area (Å²) in [6.45, 7) is 0. The van der Waals surface area contributed by atoms with E-state index in [1.807, 2.05) is 24.0 Å². The van der Waals surface area contributed by atoms with E-state index in [1.165, 1.54) is 4.90 Å². The molecule has 0 aliphatic heterocycles. The second kappa shape index (κ2) is 7.38. The van der Waals surface area contributed by atoms with Crippen LogP contribution in [0.1, 0.15) is 0 Å². The first-order valence-electron chi connectivity index (χ1n) is 5.49. The van der Waals surface area contributed by atoms with Gasteiger partial charge in [0.15, 0.2) is 0 Å². The lowest BCUT2D eigenvalue weighted by molar-refractivity contribution is 0.172. The summed E-state index contributed by atoms with van der Waals surface area (Å²) in [7, 11) is 9.50. The SMILES string of the molecule is CBr.CN(C)C(=O)Oc1cccc([N+](C)(C)C)c1. The molecule has 0 N–H and O–H groups in total. The normalized spacial score (nSPS) is 10.2. The molecule has 0 aromatic heterocycles. The molecule has 0 atom stereocenters. The first-order valence-corrected chi connectivity index (χ1v) is 7.08. The highest BCUT2D eigenvalue weighted by atomic mass is 79.9. The summed E-state index contributed by atoms with van der Waals surface area (Å²) in [5.41, 5.74) is 1.09. The number of alkyl halides is 1. The zero-order valence-electron chi connectivity index (χ0n) is 11.9. The monoisotopic (exact) mass is 317 g/mol. The number of carbonyl (C=O) groups is 1. The summed E-state index contributed by atoms with van der Waals surface area (Å²) in [5, 5.41) is 0. The maximum Gasteiger partial charge on any atom is 0.414 e. The van der Waals surface area contributed by atoms with Crippen molar-refractivity contribution in [2.24, 2.45) is 0 Å². The van der Waals surface area contributed by atoms with Crippen LogP contribution in [0.2, 0.25) is 0 Å². The lowest BCUT2D eigenvalue weighted by Gasteiger charge is -2.23. The van der Waals surface area contributed by atoms with Crippen molar-refractivity contribution in [3.63, 3.8) is 0 Å². The molecule has 102 valence electrons. The molecule has 0 unspecified atom stereocenters. The van der Waals surface area contributed by atoms with Crippen LogP contribution in [0.15, 0.2) is 24.3 Å². The highest BCUT2D eigenvalue weighted by molar-refractivity contribution is 9.08. The predicted molar refractivity (Wildman–Crippen MR) is 80.6 cm³/mol. The molecule has 0 bridgehead atoms. The van der Waals surface area contributed by atoms with Crippen molar-refractivity contribution in [3.8, 4) is 5.75 Å². The van der Waals surface area contributed by atoms with Crippen molar-refractivity contribution in [2.45, 2.75) is 0 Å². The number of ether oxygens (including phenoxy) is 1. The van der Waals surface area contributed by atoms with Crippen LogP contribution in [-0.4, -0.2) is 52.1 Å². The van der Waals surface area contributed by atoms with Crippen LogP contribution in [0.3, 0.4) is 0 Å². The molecule has 1 amide bonds. The van der Waals surface area contributed by atoms with E-state index >= 15 is 0 Å². The molecule has 0 saturated carbocycles. The fourth-order valence-corrected chi connectivity index (χ4v) is 1.16. The number of carbonyl (C=O) groups excluding carboxylic acids is 1. The first-order chi connectivity index (χ1) is 8.30. The Balaban J connectivity index is 0.00000137. The summed E-state index contributed by atoms with van der Waals surface area (Å²) >= 11 is 2.94. The zero-order chi connectivity index (χ0) is 14.3. The molecule has 18 heavy (non-hydrogen) atoms. The van der Waals surface area contributed by atoms with Crippen LogP contribution in [-0.2, 0) is 0 Å². The van der Waals surface area contributed by atoms with Gasteiger partial charge in [0.05, 0.1) is 21.1 Å². The number of hydrogen-bond acceptors (Lipinski definition) is 2. The van der Waals surface area contributed by atoms with E-state index in [0.717, 1.165) is 5.69 Å². The van der Waals surface area contributed by atoms with E-state index in [1.54, 1.807) is 20.2 Å². The van der Waals surface area contributed by atoms with Crippen LogP contribution >= 0.6 is 15.9 Å².